The van der Waals surface area contributed by atoms with E-state index in [2.05, 4.69) is 5.32 Å². The van der Waals surface area contributed by atoms with Crippen LogP contribution in [-0.4, -0.2) is 38.8 Å². The highest BCUT2D eigenvalue weighted by molar-refractivity contribution is 7.89. The van der Waals surface area contributed by atoms with Crippen LogP contribution in [0.4, 0.5) is 0 Å². The fraction of sp³-hybridized carbons (Fsp3) is 0.350. The second kappa shape index (κ2) is 9.01. The Kier molecular flexibility index (Phi) is 6.98. The van der Waals surface area contributed by atoms with Crippen molar-refractivity contribution in [1.29, 1.82) is 0 Å². The summed E-state index contributed by atoms with van der Waals surface area (Å²) in [4.78, 5) is 12.6. The Labute approximate surface area is 161 Å². The van der Waals surface area contributed by atoms with E-state index in [0.717, 1.165) is 11.1 Å². The number of carbonyl (C=O) groups excluding carboxylic acids is 1. The number of hydrogen-bond acceptors (Lipinski definition) is 4. The minimum Gasteiger partial charge on any atom is -0.495 e. The number of nitrogens with one attached hydrogen (secondary N) is 1. The van der Waals surface area contributed by atoms with Gasteiger partial charge in [-0.1, -0.05) is 38.1 Å². The van der Waals surface area contributed by atoms with Crippen LogP contribution in [0.2, 0.25) is 0 Å². The Bertz CT molecular complexity index is 906. The van der Waals surface area contributed by atoms with Crippen molar-refractivity contribution in [3.63, 3.8) is 0 Å². The van der Waals surface area contributed by atoms with Crippen molar-refractivity contribution in [2.24, 2.45) is 0 Å². The van der Waals surface area contributed by atoms with Gasteiger partial charge in [-0.15, -0.1) is 0 Å². The van der Waals surface area contributed by atoms with Crippen molar-refractivity contribution < 1.29 is 17.9 Å². The van der Waals surface area contributed by atoms with Crippen molar-refractivity contribution in [3.8, 4) is 5.75 Å². The zero-order valence-corrected chi connectivity index (χ0v) is 17.0. The number of sulfonamides is 1. The van der Waals surface area contributed by atoms with Crippen LogP contribution in [0.25, 0.3) is 0 Å². The molecule has 0 fully saturated rings. The quantitative estimate of drug-likeness (QED) is 0.752. The first kappa shape index (κ1) is 20.9. The normalized spacial score (nSPS) is 11.4. The van der Waals surface area contributed by atoms with Gasteiger partial charge in [0.25, 0.3) is 5.91 Å². The molecule has 0 heterocycles. The zero-order chi connectivity index (χ0) is 20.0. The summed E-state index contributed by atoms with van der Waals surface area (Å²) in [6.45, 7) is 6.56. The number of aryl methyl sites for hydroxylation is 1. The number of benzene rings is 2. The van der Waals surface area contributed by atoms with Crippen LogP contribution >= 0.6 is 0 Å². The molecule has 1 amide bonds. The molecule has 7 heteroatoms. The summed E-state index contributed by atoms with van der Waals surface area (Å²) in [6.07, 6.45) is 0. The lowest BCUT2D eigenvalue weighted by Gasteiger charge is -2.20. The van der Waals surface area contributed by atoms with Crippen LogP contribution in [0.5, 0.6) is 5.75 Å². The molecule has 0 aliphatic rings. The van der Waals surface area contributed by atoms with Gasteiger partial charge in [-0.05, 0) is 36.2 Å². The summed E-state index contributed by atoms with van der Waals surface area (Å²) in [5, 5.41) is 2.84. The molecule has 2 aromatic rings. The van der Waals surface area contributed by atoms with Gasteiger partial charge in [0.1, 0.15) is 10.6 Å². The molecule has 0 unspecified atom stereocenters. The van der Waals surface area contributed by atoms with E-state index in [9.17, 15) is 13.2 Å². The van der Waals surface area contributed by atoms with Crippen molar-refractivity contribution in [2.75, 3.05) is 20.2 Å². The van der Waals surface area contributed by atoms with E-state index < -0.39 is 10.0 Å². The predicted octanol–water partition coefficient (Wildman–Crippen LogP) is 2.96. The van der Waals surface area contributed by atoms with Gasteiger partial charge < -0.3 is 10.1 Å². The Morgan fingerprint density at radius 2 is 1.78 bits per heavy atom. The molecule has 0 saturated carbocycles. The van der Waals surface area contributed by atoms with Gasteiger partial charge in [0.2, 0.25) is 10.0 Å². The van der Waals surface area contributed by atoms with Gasteiger partial charge in [0.15, 0.2) is 0 Å². The fourth-order valence-corrected chi connectivity index (χ4v) is 4.45. The van der Waals surface area contributed by atoms with Crippen LogP contribution in [0, 0.1) is 6.92 Å². The highest BCUT2D eigenvalue weighted by Crippen LogP contribution is 2.28. The molecule has 2 aromatic carbocycles. The van der Waals surface area contributed by atoms with Crippen molar-refractivity contribution in [3.05, 3.63) is 59.2 Å². The molecule has 0 aliphatic heterocycles. The molecule has 0 aliphatic carbocycles. The van der Waals surface area contributed by atoms with E-state index in [-0.39, 0.29) is 22.1 Å². The van der Waals surface area contributed by atoms with E-state index in [1.807, 2.05) is 31.2 Å². The van der Waals surface area contributed by atoms with Crippen LogP contribution in [0.1, 0.15) is 35.3 Å². The molecule has 27 heavy (non-hydrogen) atoms. The largest absolute Gasteiger partial charge is 0.495 e. The first-order chi connectivity index (χ1) is 12.8. The Balaban J connectivity index is 2.31. The summed E-state index contributed by atoms with van der Waals surface area (Å²) in [5.74, 6) is -0.116. The molecule has 2 rings (SSSR count). The average molecular weight is 391 g/mol. The Hall–Kier alpha value is -2.38. The summed E-state index contributed by atoms with van der Waals surface area (Å²) in [7, 11) is -2.33. The number of hydrogen-bond donors (Lipinski definition) is 1. The Morgan fingerprint density at radius 1 is 1.11 bits per heavy atom. The fourth-order valence-electron chi connectivity index (χ4n) is 2.81. The number of methoxy groups -OCH3 is 1. The third kappa shape index (κ3) is 4.67. The maximum atomic E-state index is 12.9. The molecular weight excluding hydrogens is 364 g/mol. The zero-order valence-electron chi connectivity index (χ0n) is 16.2. The third-order valence-corrected chi connectivity index (χ3v) is 6.52. The van der Waals surface area contributed by atoms with Crippen LogP contribution < -0.4 is 10.1 Å². The summed E-state index contributed by atoms with van der Waals surface area (Å²) < 4.78 is 32.3. The van der Waals surface area contributed by atoms with Gasteiger partial charge in [0, 0.05) is 25.2 Å². The molecule has 0 saturated heterocycles. The standard InChI is InChI=1S/C20H26N2O4S/c1-5-22(6-2)27(24,25)19-13-16(11-12-18(19)26-4)20(23)21-14-17-10-8-7-9-15(17)3/h7-13H,5-6,14H2,1-4H3,(H,21,23). The van der Waals surface area contributed by atoms with Gasteiger partial charge in [0.05, 0.1) is 7.11 Å². The van der Waals surface area contributed by atoms with Crippen LogP contribution in [0.3, 0.4) is 0 Å². The van der Waals surface area contributed by atoms with E-state index in [1.165, 1.54) is 23.5 Å². The van der Waals surface area contributed by atoms with Crippen LogP contribution in [-0.2, 0) is 16.6 Å². The van der Waals surface area contributed by atoms with E-state index in [4.69, 9.17) is 4.74 Å². The van der Waals surface area contributed by atoms with Gasteiger partial charge in [-0.3, -0.25) is 4.79 Å². The molecule has 0 spiro atoms. The molecule has 146 valence electrons. The second-order valence-corrected chi connectivity index (χ2v) is 7.97. The maximum absolute atomic E-state index is 12.9. The molecule has 6 nitrogen and oxygen atoms in total. The molecule has 1 N–H and O–H groups in total. The molecule has 0 radical (unpaired) electrons. The van der Waals surface area contributed by atoms with Gasteiger partial charge >= 0.3 is 0 Å². The molecular formula is C20H26N2O4S. The lowest BCUT2D eigenvalue weighted by molar-refractivity contribution is 0.0950. The minimum atomic E-state index is -3.75. The molecule has 0 aromatic heterocycles. The SMILES string of the molecule is CCN(CC)S(=O)(=O)c1cc(C(=O)NCc2ccccc2C)ccc1OC. The number of nitrogens with zero attached hydrogens (tertiary/aromatic N) is 1. The van der Waals surface area contributed by atoms with Crippen molar-refractivity contribution in [1.82, 2.24) is 9.62 Å². The van der Waals surface area contributed by atoms with E-state index in [1.54, 1.807) is 19.9 Å². The maximum Gasteiger partial charge on any atom is 0.251 e. The van der Waals surface area contributed by atoms with Crippen molar-refractivity contribution >= 4 is 15.9 Å². The van der Waals surface area contributed by atoms with Crippen molar-refractivity contribution in [2.45, 2.75) is 32.2 Å². The van der Waals surface area contributed by atoms with E-state index >= 15 is 0 Å². The number of amides is 1. The predicted molar refractivity (Wildman–Crippen MR) is 105 cm³/mol. The summed E-state index contributed by atoms with van der Waals surface area (Å²) >= 11 is 0. The third-order valence-electron chi connectivity index (χ3n) is 4.45. The lowest BCUT2D eigenvalue weighted by atomic mass is 10.1. The van der Waals surface area contributed by atoms with Gasteiger partial charge in [-0.2, -0.15) is 4.31 Å². The highest BCUT2D eigenvalue weighted by atomic mass is 32.2. The molecule has 0 atom stereocenters. The molecule has 0 bridgehead atoms. The monoisotopic (exact) mass is 390 g/mol. The lowest BCUT2D eigenvalue weighted by Crippen LogP contribution is -2.31. The first-order valence-corrected chi connectivity index (χ1v) is 10.3. The summed E-state index contributed by atoms with van der Waals surface area (Å²) in [6, 6.07) is 12.2. The Morgan fingerprint density at radius 3 is 2.37 bits per heavy atom. The smallest absolute Gasteiger partial charge is 0.251 e. The number of ether oxygens (including phenoxy) is 1. The highest BCUT2D eigenvalue weighted by Gasteiger charge is 2.26. The van der Waals surface area contributed by atoms with Crippen LogP contribution in [0.15, 0.2) is 47.4 Å². The minimum absolute atomic E-state index is 0.00255. The second-order valence-electron chi connectivity index (χ2n) is 6.06. The first-order valence-electron chi connectivity index (χ1n) is 8.86. The van der Waals surface area contributed by atoms with Gasteiger partial charge in [-0.25, -0.2) is 8.42 Å². The number of carbonyl (C=O) groups is 1. The number of rotatable bonds is 8. The summed E-state index contributed by atoms with van der Waals surface area (Å²) in [5.41, 5.74) is 2.36. The van der Waals surface area contributed by atoms with E-state index in [0.29, 0.717) is 19.6 Å². The average Bonchev–Trinajstić information content (AvgIpc) is 2.67. The topological polar surface area (TPSA) is 75.7 Å².